The normalized spacial score (nSPS) is 12.5. The first-order valence-corrected chi connectivity index (χ1v) is 7.00. The van der Waals surface area contributed by atoms with Crippen LogP contribution in [0.5, 0.6) is 0 Å². The molecule has 0 aliphatic heterocycles. The lowest BCUT2D eigenvalue weighted by atomic mass is 10.1. The van der Waals surface area contributed by atoms with Gasteiger partial charge in [0, 0.05) is 26.0 Å². The summed E-state index contributed by atoms with van der Waals surface area (Å²) in [4.78, 5) is 4.35. The van der Waals surface area contributed by atoms with E-state index in [2.05, 4.69) is 15.4 Å². The van der Waals surface area contributed by atoms with Crippen LogP contribution in [-0.4, -0.2) is 28.3 Å². The number of hydrogen-bond acceptors (Lipinski definition) is 4. The minimum Gasteiger partial charge on any atom is -0.375 e. The molecular formula is C16H17FN4O. The quantitative estimate of drug-likeness (QED) is 0.787. The average Bonchev–Trinajstić information content (AvgIpc) is 2.90. The van der Waals surface area contributed by atoms with E-state index in [1.165, 1.54) is 12.1 Å². The number of aromatic nitrogens is 3. The summed E-state index contributed by atoms with van der Waals surface area (Å²) in [6.45, 7) is 2.46. The van der Waals surface area contributed by atoms with Gasteiger partial charge < -0.3 is 10.1 Å². The Balaban J connectivity index is 1.78. The maximum atomic E-state index is 13.0. The zero-order valence-electron chi connectivity index (χ0n) is 12.5. The zero-order chi connectivity index (χ0) is 15.5. The van der Waals surface area contributed by atoms with Crippen LogP contribution in [0.3, 0.4) is 0 Å². The predicted octanol–water partition coefficient (Wildman–Crippen LogP) is 2.98. The highest BCUT2D eigenvalue weighted by molar-refractivity contribution is 5.67. The second kappa shape index (κ2) is 6.11. The number of rotatable bonds is 5. The summed E-state index contributed by atoms with van der Waals surface area (Å²) in [6.07, 6.45) is 3.31. The standard InChI is InChI=1S/C16H17FN4O/c1-11-9-14-16(18-7-8-21(14)20-11)19-10-15(22-2)12-3-5-13(17)6-4-12/h3-9,15H,10H2,1-2H3,(H,18,19). The minimum atomic E-state index is -0.257. The Morgan fingerprint density at radius 3 is 2.82 bits per heavy atom. The molecule has 5 nitrogen and oxygen atoms in total. The number of anilines is 1. The molecule has 3 rings (SSSR count). The van der Waals surface area contributed by atoms with E-state index in [0.717, 1.165) is 22.6 Å². The molecule has 0 radical (unpaired) electrons. The van der Waals surface area contributed by atoms with Gasteiger partial charge in [-0.25, -0.2) is 13.9 Å². The Morgan fingerprint density at radius 2 is 2.09 bits per heavy atom. The maximum Gasteiger partial charge on any atom is 0.152 e. The van der Waals surface area contributed by atoms with Crippen LogP contribution in [0.25, 0.3) is 5.52 Å². The highest BCUT2D eigenvalue weighted by Crippen LogP contribution is 2.20. The molecule has 114 valence electrons. The van der Waals surface area contributed by atoms with Crippen LogP contribution >= 0.6 is 0 Å². The Morgan fingerprint density at radius 1 is 1.32 bits per heavy atom. The third kappa shape index (κ3) is 2.92. The number of aryl methyl sites for hydroxylation is 1. The number of hydrogen-bond donors (Lipinski definition) is 1. The molecule has 6 heteroatoms. The van der Waals surface area contributed by atoms with Gasteiger partial charge in [-0.1, -0.05) is 12.1 Å². The van der Waals surface area contributed by atoms with Crippen molar-refractivity contribution in [2.24, 2.45) is 0 Å². The molecule has 2 aromatic heterocycles. The van der Waals surface area contributed by atoms with Crippen LogP contribution in [-0.2, 0) is 4.74 Å². The molecule has 0 fully saturated rings. The van der Waals surface area contributed by atoms with Crippen molar-refractivity contribution in [2.45, 2.75) is 13.0 Å². The van der Waals surface area contributed by atoms with Crippen molar-refractivity contribution in [2.75, 3.05) is 19.0 Å². The monoisotopic (exact) mass is 300 g/mol. The molecule has 0 bridgehead atoms. The molecule has 0 aliphatic carbocycles. The lowest BCUT2D eigenvalue weighted by molar-refractivity contribution is 0.114. The lowest BCUT2D eigenvalue weighted by Crippen LogP contribution is -2.15. The summed E-state index contributed by atoms with van der Waals surface area (Å²) in [5, 5.41) is 7.63. The van der Waals surface area contributed by atoms with E-state index in [1.54, 1.807) is 36.2 Å². The molecule has 0 spiro atoms. The smallest absolute Gasteiger partial charge is 0.152 e. The number of methoxy groups -OCH3 is 1. The van der Waals surface area contributed by atoms with Gasteiger partial charge in [0.1, 0.15) is 11.3 Å². The van der Waals surface area contributed by atoms with Gasteiger partial charge in [0.15, 0.2) is 5.82 Å². The average molecular weight is 300 g/mol. The zero-order valence-corrected chi connectivity index (χ0v) is 12.5. The molecule has 0 aliphatic rings. The second-order valence-electron chi connectivity index (χ2n) is 5.05. The number of fused-ring (bicyclic) bond motifs is 1. The third-order valence-electron chi connectivity index (χ3n) is 3.49. The van der Waals surface area contributed by atoms with Crippen LogP contribution in [0.1, 0.15) is 17.4 Å². The van der Waals surface area contributed by atoms with Gasteiger partial charge in [-0.05, 0) is 30.7 Å². The Labute approximate surface area is 127 Å². The van der Waals surface area contributed by atoms with Gasteiger partial charge in [0.25, 0.3) is 0 Å². The summed E-state index contributed by atoms with van der Waals surface area (Å²) >= 11 is 0. The van der Waals surface area contributed by atoms with Crippen molar-refractivity contribution in [3.8, 4) is 0 Å². The van der Waals surface area contributed by atoms with Gasteiger partial charge >= 0.3 is 0 Å². The van der Waals surface area contributed by atoms with E-state index in [1.807, 2.05) is 13.0 Å². The fourth-order valence-corrected chi connectivity index (χ4v) is 2.38. The number of ether oxygens (including phenoxy) is 1. The van der Waals surface area contributed by atoms with Crippen LogP contribution in [0, 0.1) is 12.7 Å². The SMILES string of the molecule is COC(CNc1nccn2nc(C)cc12)c1ccc(F)cc1. The largest absolute Gasteiger partial charge is 0.375 e. The first-order chi connectivity index (χ1) is 10.7. The van der Waals surface area contributed by atoms with Crippen LogP contribution in [0.15, 0.2) is 42.7 Å². The van der Waals surface area contributed by atoms with Gasteiger partial charge in [-0.2, -0.15) is 5.10 Å². The summed E-state index contributed by atoms with van der Waals surface area (Å²) in [6, 6.07) is 8.28. The summed E-state index contributed by atoms with van der Waals surface area (Å²) in [5.41, 5.74) is 2.75. The van der Waals surface area contributed by atoms with Crippen molar-refractivity contribution in [1.82, 2.24) is 14.6 Å². The van der Waals surface area contributed by atoms with Crippen LogP contribution in [0.2, 0.25) is 0 Å². The van der Waals surface area contributed by atoms with E-state index in [4.69, 9.17) is 4.74 Å². The molecule has 0 amide bonds. The first kappa shape index (κ1) is 14.5. The van der Waals surface area contributed by atoms with Crippen LogP contribution in [0.4, 0.5) is 10.2 Å². The summed E-state index contributed by atoms with van der Waals surface area (Å²) < 4.78 is 20.3. The highest BCUT2D eigenvalue weighted by Gasteiger charge is 2.12. The summed E-state index contributed by atoms with van der Waals surface area (Å²) in [7, 11) is 1.63. The van der Waals surface area contributed by atoms with Gasteiger partial charge in [0.2, 0.25) is 0 Å². The summed E-state index contributed by atoms with van der Waals surface area (Å²) in [5.74, 6) is 0.486. The van der Waals surface area contributed by atoms with Crippen molar-refractivity contribution in [3.05, 3.63) is 59.8 Å². The molecular weight excluding hydrogens is 283 g/mol. The molecule has 3 aromatic rings. The lowest BCUT2D eigenvalue weighted by Gasteiger charge is -2.17. The molecule has 0 saturated heterocycles. The van der Waals surface area contributed by atoms with E-state index >= 15 is 0 Å². The van der Waals surface area contributed by atoms with Crippen molar-refractivity contribution in [3.63, 3.8) is 0 Å². The van der Waals surface area contributed by atoms with Crippen molar-refractivity contribution < 1.29 is 9.13 Å². The molecule has 22 heavy (non-hydrogen) atoms. The van der Waals surface area contributed by atoms with E-state index in [9.17, 15) is 4.39 Å². The molecule has 1 aromatic carbocycles. The molecule has 1 atom stereocenters. The van der Waals surface area contributed by atoms with Crippen molar-refractivity contribution >= 4 is 11.3 Å². The third-order valence-corrected chi connectivity index (χ3v) is 3.49. The fraction of sp³-hybridized carbons (Fsp3) is 0.250. The van der Waals surface area contributed by atoms with E-state index in [-0.39, 0.29) is 11.9 Å². The van der Waals surface area contributed by atoms with Gasteiger partial charge in [-0.15, -0.1) is 0 Å². The highest BCUT2D eigenvalue weighted by atomic mass is 19.1. The van der Waals surface area contributed by atoms with E-state index < -0.39 is 0 Å². The van der Waals surface area contributed by atoms with Crippen LogP contribution < -0.4 is 5.32 Å². The Kier molecular flexibility index (Phi) is 4.02. The van der Waals surface area contributed by atoms with E-state index in [0.29, 0.717) is 6.54 Å². The Hall–Kier alpha value is -2.47. The number of nitrogens with zero attached hydrogens (tertiary/aromatic N) is 3. The fourth-order valence-electron chi connectivity index (χ4n) is 2.38. The minimum absolute atomic E-state index is 0.188. The maximum absolute atomic E-state index is 13.0. The number of halogens is 1. The molecule has 1 unspecified atom stereocenters. The number of benzene rings is 1. The Bertz CT molecular complexity index is 769. The number of nitrogens with one attached hydrogen (secondary N) is 1. The molecule has 2 heterocycles. The van der Waals surface area contributed by atoms with Gasteiger partial charge in [-0.3, -0.25) is 0 Å². The van der Waals surface area contributed by atoms with Gasteiger partial charge in [0.05, 0.1) is 11.8 Å². The second-order valence-corrected chi connectivity index (χ2v) is 5.05. The van der Waals surface area contributed by atoms with Crippen molar-refractivity contribution in [1.29, 1.82) is 0 Å². The molecule has 1 N–H and O–H groups in total. The molecule has 0 saturated carbocycles. The predicted molar refractivity (Wildman–Crippen MR) is 82.4 cm³/mol. The first-order valence-electron chi connectivity index (χ1n) is 7.00. The topological polar surface area (TPSA) is 51.5 Å².